The largest absolute Gasteiger partial charge is 1.00 e. The van der Waals surface area contributed by atoms with E-state index in [1.165, 1.54) is 0 Å². The van der Waals surface area contributed by atoms with E-state index >= 15 is 0 Å². The van der Waals surface area contributed by atoms with Gasteiger partial charge in [-0.25, -0.2) is 0 Å². The van der Waals surface area contributed by atoms with Crippen LogP contribution in [0.3, 0.4) is 0 Å². The van der Waals surface area contributed by atoms with E-state index in [0.717, 1.165) is 22.1 Å². The number of nitrogens with zero attached hydrogens (tertiary/aromatic N) is 1. The summed E-state index contributed by atoms with van der Waals surface area (Å²) in [6, 6.07) is 7.93. The number of benzene rings is 1. The summed E-state index contributed by atoms with van der Waals surface area (Å²) < 4.78 is 12.3. The van der Waals surface area contributed by atoms with Crippen LogP contribution < -0.4 is 27.2 Å². The van der Waals surface area contributed by atoms with E-state index in [4.69, 9.17) is 9.47 Å². The minimum absolute atomic E-state index is 0. The fourth-order valence-corrected chi connectivity index (χ4v) is 2.63. The van der Waals surface area contributed by atoms with Crippen molar-refractivity contribution in [2.45, 2.75) is 39.5 Å². The summed E-state index contributed by atoms with van der Waals surface area (Å²) in [4.78, 5) is 4.09. The Morgan fingerprint density at radius 3 is 2.54 bits per heavy atom. The van der Waals surface area contributed by atoms with E-state index < -0.39 is 0 Å². The molecule has 0 aliphatic rings. The number of nitrogens with one attached hydrogen (secondary N) is 1. The third-order valence-electron chi connectivity index (χ3n) is 3.22. The Morgan fingerprint density at radius 1 is 1.21 bits per heavy atom. The first-order valence-electron chi connectivity index (χ1n) is 7.52. The van der Waals surface area contributed by atoms with Gasteiger partial charge in [-0.2, -0.15) is 0 Å². The Balaban J connectivity index is 0.00000288. The average Bonchev–Trinajstić information content (AvgIpc) is 2.51. The van der Waals surface area contributed by atoms with Gasteiger partial charge in [0.25, 0.3) is 0 Å². The summed E-state index contributed by atoms with van der Waals surface area (Å²) in [5, 5.41) is 3.47. The Hall–Kier alpha value is -1.30. The fourth-order valence-electron chi connectivity index (χ4n) is 2.02. The third-order valence-corrected chi connectivity index (χ3v) is 3.81. The van der Waals surface area contributed by atoms with Crippen molar-refractivity contribution in [3.63, 3.8) is 0 Å². The predicted octanol–water partition coefficient (Wildman–Crippen LogP) is 1.32. The fraction of sp³-hybridized carbons (Fsp3) is 0.389. The van der Waals surface area contributed by atoms with Crippen LogP contribution in [-0.2, 0) is 13.2 Å². The minimum Gasteiger partial charge on any atom is -1.00 e. The van der Waals surface area contributed by atoms with Crippen molar-refractivity contribution in [3.8, 4) is 11.5 Å². The van der Waals surface area contributed by atoms with Gasteiger partial charge in [0.05, 0.1) is 11.6 Å². The van der Waals surface area contributed by atoms with Crippen LogP contribution >= 0.6 is 15.9 Å². The highest BCUT2D eigenvalue weighted by molar-refractivity contribution is 9.10. The summed E-state index contributed by atoms with van der Waals surface area (Å²) in [7, 11) is 1.65. The van der Waals surface area contributed by atoms with E-state index in [2.05, 4.69) is 53.1 Å². The van der Waals surface area contributed by atoms with Gasteiger partial charge in [-0.15, -0.1) is 0 Å². The molecule has 6 heteroatoms. The van der Waals surface area contributed by atoms with E-state index in [1.807, 2.05) is 18.2 Å². The molecule has 1 heterocycles. The summed E-state index contributed by atoms with van der Waals surface area (Å²) >= 11 is 3.58. The van der Waals surface area contributed by atoms with E-state index in [0.29, 0.717) is 18.1 Å². The number of methoxy groups -OCH3 is 1. The van der Waals surface area contributed by atoms with Gasteiger partial charge in [-0.1, -0.05) is 6.07 Å². The van der Waals surface area contributed by atoms with Gasteiger partial charge in [0.15, 0.2) is 11.5 Å². The van der Waals surface area contributed by atoms with Gasteiger partial charge in [-0.3, -0.25) is 4.98 Å². The second-order valence-electron chi connectivity index (χ2n) is 6.36. The quantitative estimate of drug-likeness (QED) is 0.774. The van der Waals surface area contributed by atoms with Crippen molar-refractivity contribution in [2.24, 2.45) is 0 Å². The molecule has 1 aromatic carbocycles. The lowest BCUT2D eigenvalue weighted by Gasteiger charge is -2.21. The topological polar surface area (TPSA) is 43.4 Å². The first-order valence-corrected chi connectivity index (χ1v) is 8.31. The van der Waals surface area contributed by atoms with Crippen LogP contribution in [0.2, 0.25) is 0 Å². The molecule has 0 spiro atoms. The Labute approximate surface area is 158 Å². The van der Waals surface area contributed by atoms with Crippen LogP contribution in [0.4, 0.5) is 0 Å². The molecule has 0 radical (unpaired) electrons. The van der Waals surface area contributed by atoms with Crippen LogP contribution in [0.1, 0.15) is 31.9 Å². The van der Waals surface area contributed by atoms with Gasteiger partial charge in [0.2, 0.25) is 0 Å². The van der Waals surface area contributed by atoms with Crippen molar-refractivity contribution in [3.05, 3.63) is 52.3 Å². The Kier molecular flexibility index (Phi) is 8.00. The van der Waals surface area contributed by atoms with Gasteiger partial charge in [0, 0.05) is 30.0 Å². The molecule has 24 heavy (non-hydrogen) atoms. The normalized spacial score (nSPS) is 10.9. The molecule has 0 aliphatic carbocycles. The predicted molar refractivity (Wildman–Crippen MR) is 95.9 cm³/mol. The van der Waals surface area contributed by atoms with Crippen LogP contribution in [0.5, 0.6) is 11.5 Å². The highest BCUT2D eigenvalue weighted by atomic mass is 79.9. The molecule has 0 bridgehead atoms. The average molecular weight is 415 g/mol. The van der Waals surface area contributed by atoms with Crippen molar-refractivity contribution >= 4 is 15.9 Å². The van der Waals surface area contributed by atoms with Crippen molar-refractivity contribution in [1.82, 2.24) is 10.3 Å². The SMILES string of the molecule is COc1cc(CNC(C)(C)C)cc(Br)c1OCc1cccnc1.[Cl-]. The third kappa shape index (κ3) is 6.30. The highest BCUT2D eigenvalue weighted by Gasteiger charge is 2.14. The maximum absolute atomic E-state index is 5.91. The number of pyridine rings is 1. The van der Waals surface area contributed by atoms with Crippen LogP contribution in [0, 0.1) is 0 Å². The number of ether oxygens (including phenoxy) is 2. The summed E-state index contributed by atoms with van der Waals surface area (Å²) in [6.07, 6.45) is 3.54. The van der Waals surface area contributed by atoms with Crippen LogP contribution in [0.15, 0.2) is 41.1 Å². The first kappa shape index (κ1) is 20.7. The Bertz CT molecular complexity index is 645. The number of hydrogen-bond acceptors (Lipinski definition) is 4. The molecule has 2 aromatic rings. The lowest BCUT2D eigenvalue weighted by molar-refractivity contribution is -0.00000597. The molecule has 0 saturated heterocycles. The molecule has 0 fully saturated rings. The zero-order valence-corrected chi connectivity index (χ0v) is 16.7. The zero-order valence-electron chi connectivity index (χ0n) is 14.4. The van der Waals surface area contributed by atoms with E-state index in [1.54, 1.807) is 19.5 Å². The highest BCUT2D eigenvalue weighted by Crippen LogP contribution is 2.37. The smallest absolute Gasteiger partial charge is 0.175 e. The van der Waals surface area contributed by atoms with Crippen molar-refractivity contribution in [1.29, 1.82) is 0 Å². The van der Waals surface area contributed by atoms with E-state index in [9.17, 15) is 0 Å². The van der Waals surface area contributed by atoms with Crippen molar-refractivity contribution < 1.29 is 21.9 Å². The molecule has 1 N–H and O–H groups in total. The number of rotatable bonds is 6. The van der Waals surface area contributed by atoms with Crippen molar-refractivity contribution in [2.75, 3.05) is 7.11 Å². The molecule has 4 nitrogen and oxygen atoms in total. The summed E-state index contributed by atoms with van der Waals surface area (Å²) in [6.45, 7) is 7.64. The molecular formula is C18H23BrClN2O2-. The van der Waals surface area contributed by atoms with Gasteiger partial charge >= 0.3 is 0 Å². The minimum atomic E-state index is 0. The van der Waals surface area contributed by atoms with Crippen LogP contribution in [-0.4, -0.2) is 17.6 Å². The molecular weight excluding hydrogens is 392 g/mol. The lowest BCUT2D eigenvalue weighted by atomic mass is 10.1. The molecule has 1 aromatic heterocycles. The molecule has 2 rings (SSSR count). The van der Waals surface area contributed by atoms with E-state index in [-0.39, 0.29) is 17.9 Å². The first-order chi connectivity index (χ1) is 10.9. The monoisotopic (exact) mass is 413 g/mol. The van der Waals surface area contributed by atoms with Gasteiger partial charge < -0.3 is 27.2 Å². The Morgan fingerprint density at radius 2 is 1.96 bits per heavy atom. The molecule has 0 aliphatic heterocycles. The molecule has 0 saturated carbocycles. The van der Waals surface area contributed by atoms with Crippen LogP contribution in [0.25, 0.3) is 0 Å². The standard InChI is InChI=1S/C18H23BrN2O2.ClH/c1-18(2,3)21-11-14-8-15(19)17(16(9-14)22-4)23-12-13-6-5-7-20-10-13;/h5-10,21H,11-12H2,1-4H3;1H/p-1. The summed E-state index contributed by atoms with van der Waals surface area (Å²) in [5.41, 5.74) is 2.21. The maximum atomic E-state index is 5.91. The zero-order chi connectivity index (χ0) is 16.9. The van der Waals surface area contributed by atoms with Gasteiger partial charge in [-0.05, 0) is 60.5 Å². The summed E-state index contributed by atoms with van der Waals surface area (Å²) in [5.74, 6) is 1.42. The molecule has 132 valence electrons. The molecule has 0 atom stereocenters. The second kappa shape index (κ2) is 9.25. The number of aromatic nitrogens is 1. The molecule has 0 unspecified atom stereocenters. The number of hydrogen-bond donors (Lipinski definition) is 1. The second-order valence-corrected chi connectivity index (χ2v) is 7.22. The lowest BCUT2D eigenvalue weighted by Crippen LogP contribution is -3.00. The maximum Gasteiger partial charge on any atom is 0.175 e. The number of halogens is 2. The van der Waals surface area contributed by atoms with Gasteiger partial charge in [0.1, 0.15) is 6.61 Å². The molecule has 0 amide bonds.